The second-order valence-corrected chi connectivity index (χ2v) is 6.91. The molecule has 0 aromatic heterocycles. The Morgan fingerprint density at radius 2 is 1.82 bits per heavy atom. The zero-order valence-electron chi connectivity index (χ0n) is 13.4. The van der Waals surface area contributed by atoms with E-state index in [1.54, 1.807) is 0 Å². The average Bonchev–Trinajstić information content (AvgIpc) is 2.79. The molecule has 2 nitrogen and oxygen atoms in total. The Morgan fingerprint density at radius 1 is 1.05 bits per heavy atom. The molecule has 1 heterocycles. The number of rotatable bonds is 1. The summed E-state index contributed by atoms with van der Waals surface area (Å²) in [5.41, 5.74) is 4.67. The van der Waals surface area contributed by atoms with Crippen LogP contribution in [0.1, 0.15) is 42.5 Å². The topological polar surface area (TPSA) is 18.5 Å². The molecule has 2 aliphatic rings. The molecule has 2 heteroatoms. The maximum absolute atomic E-state index is 6.57. The van der Waals surface area contributed by atoms with Crippen molar-refractivity contribution in [3.05, 3.63) is 70.8 Å². The highest BCUT2D eigenvalue weighted by molar-refractivity contribution is 5.47. The number of hydrogen-bond donors (Lipinski definition) is 0. The fraction of sp³-hybridized carbons (Fsp3) is 0.400. The molecule has 0 saturated carbocycles. The summed E-state index contributed by atoms with van der Waals surface area (Å²) in [6.45, 7) is 6.19. The van der Waals surface area contributed by atoms with Gasteiger partial charge >= 0.3 is 0 Å². The van der Waals surface area contributed by atoms with Gasteiger partial charge in [-0.25, -0.2) is 0 Å². The predicted octanol–water partition coefficient (Wildman–Crippen LogP) is 4.34. The molecule has 0 radical (unpaired) electrons. The summed E-state index contributed by atoms with van der Waals surface area (Å²) in [7, 11) is 0. The highest BCUT2D eigenvalue weighted by atomic mass is 16.8. The van der Waals surface area contributed by atoms with Gasteiger partial charge in [0.2, 0.25) is 0 Å². The lowest BCUT2D eigenvalue weighted by molar-refractivity contribution is -0.157. The van der Waals surface area contributed by atoms with Crippen LogP contribution in [0.2, 0.25) is 0 Å². The van der Waals surface area contributed by atoms with Crippen LogP contribution in [0.25, 0.3) is 0 Å². The van der Waals surface area contributed by atoms with Crippen LogP contribution in [0.4, 0.5) is 0 Å². The standard InChI is InChI=1S/C20H22O2/c1-14-9-11-17-15(13-14)10-12-18-20(17,22-19(2,3)21-18)16-7-5-4-6-8-16/h4-9,11,13,18H,10,12H2,1-3H3. The minimum absolute atomic E-state index is 0.0695. The van der Waals surface area contributed by atoms with Crippen LogP contribution in [0.15, 0.2) is 48.5 Å². The quantitative estimate of drug-likeness (QED) is 0.779. The molecule has 1 aliphatic carbocycles. The zero-order chi connectivity index (χ0) is 15.4. The van der Waals surface area contributed by atoms with Crippen LogP contribution >= 0.6 is 0 Å². The smallest absolute Gasteiger partial charge is 0.165 e. The van der Waals surface area contributed by atoms with Crippen LogP contribution in [-0.4, -0.2) is 11.9 Å². The van der Waals surface area contributed by atoms with Gasteiger partial charge in [-0.15, -0.1) is 0 Å². The third-order valence-corrected chi connectivity index (χ3v) is 4.83. The molecule has 2 unspecified atom stereocenters. The van der Waals surface area contributed by atoms with Crippen molar-refractivity contribution >= 4 is 0 Å². The van der Waals surface area contributed by atoms with Gasteiger partial charge in [0.1, 0.15) is 5.60 Å². The first-order valence-corrected chi connectivity index (χ1v) is 8.05. The monoisotopic (exact) mass is 294 g/mol. The molecule has 2 aromatic carbocycles. The van der Waals surface area contributed by atoms with Gasteiger partial charge in [0, 0.05) is 0 Å². The molecule has 0 N–H and O–H groups in total. The number of fused-ring (bicyclic) bond motifs is 3. The van der Waals surface area contributed by atoms with E-state index in [9.17, 15) is 0 Å². The summed E-state index contributed by atoms with van der Waals surface area (Å²) in [5.74, 6) is -0.562. The van der Waals surface area contributed by atoms with E-state index in [1.165, 1.54) is 22.3 Å². The van der Waals surface area contributed by atoms with E-state index < -0.39 is 11.4 Å². The highest BCUT2D eigenvalue weighted by Crippen LogP contribution is 2.52. The van der Waals surface area contributed by atoms with Crippen molar-refractivity contribution in [1.29, 1.82) is 0 Å². The van der Waals surface area contributed by atoms with Crippen molar-refractivity contribution in [2.45, 2.75) is 51.1 Å². The maximum Gasteiger partial charge on any atom is 0.165 e. The molecular weight excluding hydrogens is 272 g/mol. The number of benzene rings is 2. The van der Waals surface area contributed by atoms with Gasteiger partial charge in [-0.2, -0.15) is 0 Å². The zero-order valence-corrected chi connectivity index (χ0v) is 13.4. The van der Waals surface area contributed by atoms with Gasteiger partial charge in [0.05, 0.1) is 6.10 Å². The Bertz CT molecular complexity index is 705. The predicted molar refractivity (Wildman–Crippen MR) is 86.8 cm³/mol. The molecule has 1 fully saturated rings. The minimum atomic E-state index is -0.562. The molecule has 114 valence electrons. The minimum Gasteiger partial charge on any atom is -0.343 e. The van der Waals surface area contributed by atoms with E-state index in [-0.39, 0.29) is 6.10 Å². The fourth-order valence-corrected chi connectivity index (χ4v) is 4.06. The molecule has 0 spiro atoms. The van der Waals surface area contributed by atoms with Gasteiger partial charge in [0.15, 0.2) is 5.79 Å². The van der Waals surface area contributed by atoms with E-state index in [0.717, 1.165) is 12.8 Å². The van der Waals surface area contributed by atoms with E-state index in [1.807, 2.05) is 13.8 Å². The third kappa shape index (κ3) is 1.94. The molecule has 2 atom stereocenters. The Hall–Kier alpha value is -1.64. The molecule has 1 saturated heterocycles. The molecule has 22 heavy (non-hydrogen) atoms. The highest BCUT2D eigenvalue weighted by Gasteiger charge is 2.57. The third-order valence-electron chi connectivity index (χ3n) is 4.83. The first kappa shape index (κ1) is 14.0. The summed E-state index contributed by atoms with van der Waals surface area (Å²) < 4.78 is 12.8. The normalized spacial score (nSPS) is 29.0. The van der Waals surface area contributed by atoms with Crippen LogP contribution in [0.3, 0.4) is 0 Å². The number of ether oxygens (including phenoxy) is 2. The van der Waals surface area contributed by atoms with Crippen molar-refractivity contribution in [3.63, 3.8) is 0 Å². The second-order valence-electron chi connectivity index (χ2n) is 6.91. The SMILES string of the molecule is Cc1ccc2c(c1)CCC1OC(C)(C)OC21c1ccccc1. The summed E-state index contributed by atoms with van der Waals surface area (Å²) in [5, 5.41) is 0. The van der Waals surface area contributed by atoms with Crippen molar-refractivity contribution in [2.24, 2.45) is 0 Å². The van der Waals surface area contributed by atoms with Crippen LogP contribution in [0, 0.1) is 6.92 Å². The van der Waals surface area contributed by atoms with Crippen LogP contribution < -0.4 is 0 Å². The van der Waals surface area contributed by atoms with Crippen LogP contribution in [-0.2, 0) is 21.5 Å². The summed E-state index contributed by atoms with van der Waals surface area (Å²) in [4.78, 5) is 0. The van der Waals surface area contributed by atoms with Gasteiger partial charge in [-0.1, -0.05) is 54.1 Å². The van der Waals surface area contributed by atoms with Gasteiger partial charge in [-0.05, 0) is 50.3 Å². The number of hydrogen-bond acceptors (Lipinski definition) is 2. The largest absolute Gasteiger partial charge is 0.343 e. The van der Waals surface area contributed by atoms with Crippen molar-refractivity contribution in [3.8, 4) is 0 Å². The number of aryl methyl sites for hydroxylation is 2. The Kier molecular flexibility index (Phi) is 2.97. The van der Waals surface area contributed by atoms with Gasteiger partial charge < -0.3 is 9.47 Å². The fourth-order valence-electron chi connectivity index (χ4n) is 4.06. The van der Waals surface area contributed by atoms with E-state index in [2.05, 4.69) is 55.5 Å². The van der Waals surface area contributed by atoms with Crippen molar-refractivity contribution in [1.82, 2.24) is 0 Å². The average molecular weight is 294 g/mol. The van der Waals surface area contributed by atoms with E-state index >= 15 is 0 Å². The van der Waals surface area contributed by atoms with Crippen LogP contribution in [0.5, 0.6) is 0 Å². The Morgan fingerprint density at radius 3 is 2.59 bits per heavy atom. The molecule has 4 rings (SSSR count). The molecule has 2 aromatic rings. The van der Waals surface area contributed by atoms with Gasteiger partial charge in [0.25, 0.3) is 0 Å². The first-order valence-electron chi connectivity index (χ1n) is 8.05. The lowest BCUT2D eigenvalue weighted by Crippen LogP contribution is -2.42. The summed E-state index contributed by atoms with van der Waals surface area (Å²) >= 11 is 0. The maximum atomic E-state index is 6.57. The molecule has 1 aliphatic heterocycles. The van der Waals surface area contributed by atoms with E-state index in [4.69, 9.17) is 9.47 Å². The summed E-state index contributed by atoms with van der Waals surface area (Å²) in [6.07, 6.45) is 2.12. The van der Waals surface area contributed by atoms with Gasteiger partial charge in [-0.3, -0.25) is 0 Å². The Labute approximate surface area is 132 Å². The van der Waals surface area contributed by atoms with Crippen molar-refractivity contribution < 1.29 is 9.47 Å². The molecule has 0 bridgehead atoms. The summed E-state index contributed by atoms with van der Waals surface area (Å²) in [6, 6.07) is 17.2. The lowest BCUT2D eigenvalue weighted by Gasteiger charge is -2.39. The Balaban J connectivity index is 1.97. The molecule has 0 amide bonds. The molecular formula is C20H22O2. The lowest BCUT2D eigenvalue weighted by atomic mass is 9.73. The van der Waals surface area contributed by atoms with Crippen molar-refractivity contribution in [2.75, 3.05) is 0 Å². The van der Waals surface area contributed by atoms with E-state index in [0.29, 0.717) is 0 Å². The first-order chi connectivity index (χ1) is 10.5. The second kappa shape index (κ2) is 4.68.